The highest BCUT2D eigenvalue weighted by atomic mass is 19.4. The summed E-state index contributed by atoms with van der Waals surface area (Å²) < 4.78 is 39.0. The number of nitrogens with one attached hydrogen (secondary N) is 3. The summed E-state index contributed by atoms with van der Waals surface area (Å²) in [6.45, 7) is 5.63. The lowest BCUT2D eigenvalue weighted by molar-refractivity contribution is -0.141. The van der Waals surface area contributed by atoms with Gasteiger partial charge in [0.2, 0.25) is 5.91 Å². The summed E-state index contributed by atoms with van der Waals surface area (Å²) in [5, 5.41) is 8.57. The van der Waals surface area contributed by atoms with Crippen molar-refractivity contribution in [3.05, 3.63) is 47.8 Å². The van der Waals surface area contributed by atoms with Crippen LogP contribution in [0.3, 0.4) is 0 Å². The van der Waals surface area contributed by atoms with Crippen LogP contribution in [0.4, 0.5) is 30.2 Å². The summed E-state index contributed by atoms with van der Waals surface area (Å²) >= 11 is 0. The smallest absolute Gasteiger partial charge is 0.365 e. The number of likely N-dealkylation sites (N-methyl/N-ethyl adjacent to an activating group) is 1. The lowest BCUT2D eigenvalue weighted by Crippen LogP contribution is -2.32. The number of aromatic nitrogens is 2. The molecule has 0 saturated carbocycles. The first-order valence-electron chi connectivity index (χ1n) is 9.77. The monoisotopic (exact) mass is 449 g/mol. The molecule has 170 valence electrons. The van der Waals surface area contributed by atoms with Crippen molar-refractivity contribution in [2.24, 2.45) is 5.73 Å². The number of fused-ring (bicyclic) bond motifs is 1. The highest BCUT2D eigenvalue weighted by Crippen LogP contribution is 2.35. The van der Waals surface area contributed by atoms with E-state index in [1.54, 1.807) is 18.2 Å². The summed E-state index contributed by atoms with van der Waals surface area (Å²) in [6, 6.07) is 5.63. The van der Waals surface area contributed by atoms with Crippen molar-refractivity contribution in [3.63, 3.8) is 0 Å². The minimum atomic E-state index is -4.71. The Kier molecular flexibility index (Phi) is 6.63. The molecule has 2 heterocycles. The van der Waals surface area contributed by atoms with E-state index in [2.05, 4.69) is 25.9 Å². The highest BCUT2D eigenvalue weighted by molar-refractivity contribution is 6.20. The SMILES string of the molecule is CCN(CC)CC(=O)Nc1ccc2c(c1)N/C(=C(/C(N)=O)c1nccc(C(F)(F)F)n1)N2. The quantitative estimate of drug-likeness (QED) is 0.479. The van der Waals surface area contributed by atoms with Gasteiger partial charge in [0, 0.05) is 11.9 Å². The minimum absolute atomic E-state index is 0.0402. The zero-order chi connectivity index (χ0) is 23.5. The number of rotatable bonds is 7. The number of carbonyl (C=O) groups excluding carboxylic acids is 2. The van der Waals surface area contributed by atoms with Gasteiger partial charge in [-0.1, -0.05) is 13.8 Å². The second-order valence-electron chi connectivity index (χ2n) is 6.90. The molecule has 0 atom stereocenters. The number of hydrogen-bond acceptors (Lipinski definition) is 7. The third kappa shape index (κ3) is 5.14. The molecule has 3 rings (SSSR count). The lowest BCUT2D eigenvalue weighted by atomic mass is 10.2. The summed E-state index contributed by atoms with van der Waals surface area (Å²) in [6.07, 6.45) is -3.80. The maximum absolute atomic E-state index is 13.0. The van der Waals surface area contributed by atoms with E-state index in [4.69, 9.17) is 5.73 Å². The van der Waals surface area contributed by atoms with Crippen LogP contribution < -0.4 is 21.7 Å². The van der Waals surface area contributed by atoms with Gasteiger partial charge in [0.05, 0.1) is 17.9 Å². The number of hydrogen-bond donors (Lipinski definition) is 4. The Balaban J connectivity index is 1.86. The van der Waals surface area contributed by atoms with Crippen LogP contribution >= 0.6 is 0 Å². The molecule has 2 aromatic rings. The first kappa shape index (κ1) is 23.0. The van der Waals surface area contributed by atoms with Gasteiger partial charge in [-0.2, -0.15) is 13.2 Å². The molecule has 0 saturated heterocycles. The van der Waals surface area contributed by atoms with E-state index in [0.29, 0.717) is 23.1 Å². The Bertz CT molecular complexity index is 1070. The van der Waals surface area contributed by atoms with E-state index in [1.807, 2.05) is 18.7 Å². The third-order valence-corrected chi connectivity index (χ3v) is 4.75. The molecule has 1 aliphatic rings. The van der Waals surface area contributed by atoms with Crippen LogP contribution in [0.25, 0.3) is 5.57 Å². The molecule has 9 nitrogen and oxygen atoms in total. The van der Waals surface area contributed by atoms with Gasteiger partial charge in [0.15, 0.2) is 5.82 Å². The molecule has 12 heteroatoms. The van der Waals surface area contributed by atoms with Crippen molar-refractivity contribution >= 4 is 34.4 Å². The zero-order valence-corrected chi connectivity index (χ0v) is 17.4. The molecular formula is C20H22F3N7O2. The number of alkyl halides is 3. The van der Waals surface area contributed by atoms with Crippen molar-refractivity contribution in [3.8, 4) is 0 Å². The second-order valence-corrected chi connectivity index (χ2v) is 6.90. The molecule has 0 spiro atoms. The minimum Gasteiger partial charge on any atom is -0.365 e. The van der Waals surface area contributed by atoms with Crippen molar-refractivity contribution in [1.82, 2.24) is 14.9 Å². The third-order valence-electron chi connectivity index (χ3n) is 4.75. The fourth-order valence-corrected chi connectivity index (χ4v) is 3.09. The Morgan fingerprint density at radius 1 is 1.12 bits per heavy atom. The Hall–Kier alpha value is -3.67. The number of benzene rings is 1. The molecule has 1 aromatic heterocycles. The number of anilines is 3. The lowest BCUT2D eigenvalue weighted by Gasteiger charge is -2.17. The maximum Gasteiger partial charge on any atom is 0.433 e. The normalized spacial score (nSPS) is 14.4. The van der Waals surface area contributed by atoms with Gasteiger partial charge >= 0.3 is 6.18 Å². The van der Waals surface area contributed by atoms with Gasteiger partial charge in [-0.15, -0.1) is 0 Å². The fraction of sp³-hybridized carbons (Fsp3) is 0.300. The van der Waals surface area contributed by atoms with Gasteiger partial charge < -0.3 is 21.7 Å². The number of amides is 2. The Morgan fingerprint density at radius 2 is 1.81 bits per heavy atom. The van der Waals surface area contributed by atoms with E-state index in [9.17, 15) is 22.8 Å². The Labute approximate surface area is 181 Å². The molecule has 0 bridgehead atoms. The molecule has 32 heavy (non-hydrogen) atoms. The number of halogens is 3. The van der Waals surface area contributed by atoms with Gasteiger partial charge in [-0.3, -0.25) is 14.5 Å². The van der Waals surface area contributed by atoms with Gasteiger partial charge in [-0.05, 0) is 37.4 Å². The van der Waals surface area contributed by atoms with Crippen LogP contribution in [-0.4, -0.2) is 46.3 Å². The van der Waals surface area contributed by atoms with Crippen molar-refractivity contribution in [2.45, 2.75) is 20.0 Å². The van der Waals surface area contributed by atoms with Crippen molar-refractivity contribution in [2.75, 3.05) is 35.6 Å². The number of carbonyl (C=O) groups is 2. The topological polar surface area (TPSA) is 125 Å². The highest BCUT2D eigenvalue weighted by Gasteiger charge is 2.34. The molecule has 0 fully saturated rings. The summed E-state index contributed by atoms with van der Waals surface area (Å²) in [7, 11) is 0. The summed E-state index contributed by atoms with van der Waals surface area (Å²) in [5.41, 5.74) is 5.41. The summed E-state index contributed by atoms with van der Waals surface area (Å²) in [4.78, 5) is 33.4. The Morgan fingerprint density at radius 3 is 2.44 bits per heavy atom. The van der Waals surface area contributed by atoms with Gasteiger partial charge in [-0.25, -0.2) is 9.97 Å². The van der Waals surface area contributed by atoms with Crippen molar-refractivity contribution in [1.29, 1.82) is 0 Å². The van der Waals surface area contributed by atoms with Crippen LogP contribution in [0, 0.1) is 0 Å². The number of nitrogens with two attached hydrogens (primary N) is 1. The largest absolute Gasteiger partial charge is 0.433 e. The van der Waals surface area contributed by atoms with Crippen LogP contribution in [0.2, 0.25) is 0 Å². The van der Waals surface area contributed by atoms with E-state index >= 15 is 0 Å². The van der Waals surface area contributed by atoms with E-state index in [1.165, 1.54) is 0 Å². The first-order valence-corrected chi connectivity index (χ1v) is 9.77. The molecule has 1 aromatic carbocycles. The molecule has 0 unspecified atom stereocenters. The van der Waals surface area contributed by atoms with Crippen LogP contribution in [0.5, 0.6) is 0 Å². The number of primary amides is 1. The van der Waals surface area contributed by atoms with E-state index < -0.39 is 23.6 Å². The van der Waals surface area contributed by atoms with Gasteiger partial charge in [0.25, 0.3) is 5.91 Å². The molecule has 2 amide bonds. The first-order chi connectivity index (χ1) is 15.1. The average Bonchev–Trinajstić information content (AvgIpc) is 3.14. The van der Waals surface area contributed by atoms with Crippen LogP contribution in [-0.2, 0) is 15.8 Å². The predicted octanol–water partition coefficient (Wildman–Crippen LogP) is 2.47. The summed E-state index contributed by atoms with van der Waals surface area (Å²) in [5.74, 6) is -1.63. The molecule has 0 radical (unpaired) electrons. The second kappa shape index (κ2) is 9.22. The van der Waals surface area contributed by atoms with Crippen molar-refractivity contribution < 1.29 is 22.8 Å². The molecule has 1 aliphatic heterocycles. The molecule has 0 aliphatic carbocycles. The zero-order valence-electron chi connectivity index (χ0n) is 17.4. The van der Waals surface area contributed by atoms with Crippen LogP contribution in [0.1, 0.15) is 25.4 Å². The predicted molar refractivity (Wildman–Crippen MR) is 113 cm³/mol. The molecule has 5 N–H and O–H groups in total. The van der Waals surface area contributed by atoms with Gasteiger partial charge in [0.1, 0.15) is 17.1 Å². The van der Waals surface area contributed by atoms with E-state index in [-0.39, 0.29) is 23.8 Å². The fourth-order valence-electron chi connectivity index (χ4n) is 3.09. The van der Waals surface area contributed by atoms with E-state index in [0.717, 1.165) is 19.3 Å². The maximum atomic E-state index is 13.0. The average molecular weight is 449 g/mol. The number of nitrogens with zero attached hydrogens (tertiary/aromatic N) is 3. The standard InChI is InChI=1S/C20H22F3N7O2/c1-3-30(4-2)10-15(31)26-11-5-6-12-13(9-11)28-19(27-12)16(17(24)32)18-25-8-7-14(29-18)20(21,22)23/h5-9,27-28H,3-4,10H2,1-2H3,(H2,24,32)(H,26,31)/b19-16-. The van der Waals surface area contributed by atoms with Crippen LogP contribution in [0.15, 0.2) is 36.3 Å². The molecular weight excluding hydrogens is 427 g/mol.